The van der Waals surface area contributed by atoms with Gasteiger partial charge in [-0.05, 0) is 13.8 Å². The van der Waals surface area contributed by atoms with Crippen molar-refractivity contribution < 1.29 is 18.4 Å². The van der Waals surface area contributed by atoms with Crippen molar-refractivity contribution >= 4 is 14.2 Å². The maximum atomic E-state index is 11.6. The van der Waals surface area contributed by atoms with E-state index in [1.54, 1.807) is 13.8 Å². The normalized spacial score (nSPS) is 11.2. The SMILES string of the molecule is CCOP(=O)(OCC)N(C)C=O. The quantitative estimate of drug-likeness (QED) is 0.472. The summed E-state index contributed by atoms with van der Waals surface area (Å²) in [7, 11) is -1.98. The zero-order valence-electron chi connectivity index (χ0n) is 7.52. The molecule has 12 heavy (non-hydrogen) atoms. The van der Waals surface area contributed by atoms with Crippen LogP contribution in [0.2, 0.25) is 0 Å². The molecule has 0 unspecified atom stereocenters. The predicted molar refractivity (Wildman–Crippen MR) is 44.7 cm³/mol. The van der Waals surface area contributed by atoms with E-state index in [2.05, 4.69) is 0 Å². The summed E-state index contributed by atoms with van der Waals surface area (Å²) in [5, 5.41) is 0. The summed E-state index contributed by atoms with van der Waals surface area (Å²) in [5.74, 6) is 0. The van der Waals surface area contributed by atoms with Gasteiger partial charge in [-0.25, -0.2) is 4.57 Å². The van der Waals surface area contributed by atoms with Crippen LogP contribution in [0.25, 0.3) is 0 Å². The lowest BCUT2D eigenvalue weighted by molar-refractivity contribution is -0.114. The lowest BCUT2D eigenvalue weighted by Crippen LogP contribution is -2.16. The number of carbonyl (C=O) groups excluding carboxylic acids is 1. The second-order valence-electron chi connectivity index (χ2n) is 1.98. The van der Waals surface area contributed by atoms with Crippen molar-refractivity contribution in [2.75, 3.05) is 20.3 Å². The molecule has 1 amide bonds. The topological polar surface area (TPSA) is 55.8 Å². The molecule has 0 radical (unpaired) electrons. The number of rotatable bonds is 6. The van der Waals surface area contributed by atoms with Crippen molar-refractivity contribution in [2.45, 2.75) is 13.8 Å². The van der Waals surface area contributed by atoms with Gasteiger partial charge in [-0.15, -0.1) is 0 Å². The Balaban J connectivity index is 4.37. The molecule has 0 fully saturated rings. The van der Waals surface area contributed by atoms with Crippen LogP contribution in [0.15, 0.2) is 0 Å². The van der Waals surface area contributed by atoms with Gasteiger partial charge in [-0.3, -0.25) is 18.5 Å². The molecule has 0 saturated heterocycles. The lowest BCUT2D eigenvalue weighted by atomic mass is 10.9. The van der Waals surface area contributed by atoms with Gasteiger partial charge in [0.1, 0.15) is 0 Å². The first kappa shape index (κ1) is 11.6. The van der Waals surface area contributed by atoms with E-state index in [0.29, 0.717) is 6.41 Å². The van der Waals surface area contributed by atoms with Crippen LogP contribution in [0.5, 0.6) is 0 Å². The minimum absolute atomic E-state index is 0.245. The first-order valence-corrected chi connectivity index (χ1v) is 5.18. The molecule has 0 aromatic carbocycles. The standard InChI is InChI=1S/C6H14NO4P/c1-4-10-12(9,11-5-2)7(3)6-8/h6H,4-5H2,1-3H3. The molecule has 0 aliphatic carbocycles. The van der Waals surface area contributed by atoms with Gasteiger partial charge < -0.3 is 0 Å². The molecule has 0 bridgehead atoms. The van der Waals surface area contributed by atoms with Crippen molar-refractivity contribution in [3.8, 4) is 0 Å². The number of nitrogens with zero attached hydrogens (tertiary/aromatic N) is 1. The zero-order chi connectivity index (χ0) is 9.61. The Kier molecular flexibility index (Phi) is 5.13. The van der Waals surface area contributed by atoms with Crippen molar-refractivity contribution in [2.24, 2.45) is 0 Å². The molecule has 0 aromatic rings. The van der Waals surface area contributed by atoms with Crippen LogP contribution in [0, 0.1) is 0 Å². The van der Waals surface area contributed by atoms with Crippen LogP contribution >= 0.6 is 7.75 Å². The summed E-state index contributed by atoms with van der Waals surface area (Å²) < 4.78 is 22.2. The smallest absolute Gasteiger partial charge is 0.292 e. The summed E-state index contributed by atoms with van der Waals surface area (Å²) in [6.45, 7) is 3.86. The Morgan fingerprint density at radius 3 is 2.00 bits per heavy atom. The third-order valence-corrected chi connectivity index (χ3v) is 3.16. The van der Waals surface area contributed by atoms with Gasteiger partial charge in [-0.1, -0.05) is 0 Å². The molecular formula is C6H14NO4P. The second-order valence-corrected chi connectivity index (χ2v) is 4.07. The Morgan fingerprint density at radius 2 is 1.75 bits per heavy atom. The maximum Gasteiger partial charge on any atom is 0.436 e. The molecule has 0 saturated carbocycles. The van der Waals surface area contributed by atoms with E-state index in [9.17, 15) is 9.36 Å². The summed E-state index contributed by atoms with van der Waals surface area (Å²) in [6.07, 6.45) is 0.423. The predicted octanol–water partition coefficient (Wildman–Crippen LogP) is 1.26. The largest absolute Gasteiger partial charge is 0.436 e. The molecule has 6 heteroatoms. The highest BCUT2D eigenvalue weighted by atomic mass is 31.2. The van der Waals surface area contributed by atoms with E-state index in [4.69, 9.17) is 9.05 Å². The van der Waals surface area contributed by atoms with Crippen LogP contribution in [0.4, 0.5) is 0 Å². The molecule has 0 aromatic heterocycles. The fourth-order valence-corrected chi connectivity index (χ4v) is 1.81. The van der Waals surface area contributed by atoms with Crippen molar-refractivity contribution in [1.82, 2.24) is 4.67 Å². The van der Waals surface area contributed by atoms with Crippen LogP contribution in [-0.4, -0.2) is 31.3 Å². The third kappa shape index (κ3) is 2.93. The van der Waals surface area contributed by atoms with Crippen molar-refractivity contribution in [3.05, 3.63) is 0 Å². The Morgan fingerprint density at radius 1 is 1.33 bits per heavy atom. The molecule has 0 N–H and O–H groups in total. The summed E-state index contributed by atoms with van der Waals surface area (Å²) >= 11 is 0. The third-order valence-electron chi connectivity index (χ3n) is 1.12. The molecule has 72 valence electrons. The number of hydrogen-bond acceptors (Lipinski definition) is 4. The van der Waals surface area contributed by atoms with Gasteiger partial charge in [0.05, 0.1) is 13.2 Å². The van der Waals surface area contributed by atoms with Crippen molar-refractivity contribution in [1.29, 1.82) is 0 Å². The van der Waals surface area contributed by atoms with E-state index in [1.165, 1.54) is 7.05 Å². The molecule has 0 atom stereocenters. The summed E-state index contributed by atoms with van der Waals surface area (Å²) in [4.78, 5) is 10.3. The maximum absolute atomic E-state index is 11.6. The summed E-state index contributed by atoms with van der Waals surface area (Å²) in [6, 6.07) is 0. The molecule has 0 aliphatic heterocycles. The van der Waals surface area contributed by atoms with Gasteiger partial charge >= 0.3 is 7.75 Å². The molecule has 0 spiro atoms. The molecular weight excluding hydrogens is 181 g/mol. The zero-order valence-corrected chi connectivity index (χ0v) is 8.41. The van der Waals surface area contributed by atoms with Gasteiger partial charge in [-0.2, -0.15) is 0 Å². The van der Waals surface area contributed by atoms with Crippen LogP contribution in [0.3, 0.4) is 0 Å². The van der Waals surface area contributed by atoms with Crippen LogP contribution < -0.4 is 0 Å². The monoisotopic (exact) mass is 195 g/mol. The minimum Gasteiger partial charge on any atom is -0.292 e. The highest BCUT2D eigenvalue weighted by Gasteiger charge is 2.28. The Hall–Kier alpha value is -0.380. The highest BCUT2D eigenvalue weighted by molar-refractivity contribution is 7.51. The molecule has 0 aliphatic rings. The second kappa shape index (κ2) is 5.30. The number of carbonyl (C=O) groups is 1. The van der Waals surface area contributed by atoms with Crippen LogP contribution in [-0.2, 0) is 18.4 Å². The van der Waals surface area contributed by atoms with E-state index in [-0.39, 0.29) is 13.2 Å². The number of amides is 1. The van der Waals surface area contributed by atoms with Gasteiger partial charge in [0.15, 0.2) is 0 Å². The average Bonchev–Trinajstić information content (AvgIpc) is 2.04. The fourth-order valence-electron chi connectivity index (χ4n) is 0.603. The van der Waals surface area contributed by atoms with Crippen LogP contribution in [0.1, 0.15) is 13.8 Å². The van der Waals surface area contributed by atoms with Gasteiger partial charge in [0, 0.05) is 7.05 Å². The van der Waals surface area contributed by atoms with E-state index < -0.39 is 7.75 Å². The van der Waals surface area contributed by atoms with E-state index >= 15 is 0 Å². The molecule has 5 nitrogen and oxygen atoms in total. The van der Waals surface area contributed by atoms with E-state index in [0.717, 1.165) is 4.67 Å². The molecule has 0 rings (SSSR count). The Bertz CT molecular complexity index is 174. The highest BCUT2D eigenvalue weighted by Crippen LogP contribution is 2.49. The first-order valence-electron chi connectivity index (χ1n) is 3.68. The average molecular weight is 195 g/mol. The van der Waals surface area contributed by atoms with Gasteiger partial charge in [0.25, 0.3) is 0 Å². The lowest BCUT2D eigenvalue weighted by Gasteiger charge is -2.22. The van der Waals surface area contributed by atoms with Gasteiger partial charge in [0.2, 0.25) is 6.41 Å². The van der Waals surface area contributed by atoms with Crippen molar-refractivity contribution in [3.63, 3.8) is 0 Å². The summed E-state index contributed by atoms with van der Waals surface area (Å²) in [5.41, 5.74) is 0. The van der Waals surface area contributed by atoms with E-state index in [1.807, 2.05) is 0 Å². The minimum atomic E-state index is -3.35. The Labute approximate surface area is 72.2 Å². The fraction of sp³-hybridized carbons (Fsp3) is 0.833. The first-order chi connectivity index (χ1) is 5.60. The molecule has 0 heterocycles. The number of hydrogen-bond donors (Lipinski definition) is 0.